The van der Waals surface area contributed by atoms with E-state index in [9.17, 15) is 9.18 Å². The average molecular weight is 538 g/mol. The number of hydrogen-bond donors (Lipinski definition) is 1. The molecular formula is C29H33F2N5OS. The number of thiazole rings is 1. The summed E-state index contributed by atoms with van der Waals surface area (Å²) in [5.41, 5.74) is 3.69. The summed E-state index contributed by atoms with van der Waals surface area (Å²) in [4.78, 5) is 22.7. The first-order chi connectivity index (χ1) is 18.5. The van der Waals surface area contributed by atoms with Gasteiger partial charge >= 0.3 is 0 Å². The Balaban J connectivity index is 1.12. The third-order valence-electron chi connectivity index (χ3n) is 7.98. The van der Waals surface area contributed by atoms with Gasteiger partial charge in [0.15, 0.2) is 4.96 Å². The van der Waals surface area contributed by atoms with Crippen molar-refractivity contribution in [1.82, 2.24) is 24.5 Å². The van der Waals surface area contributed by atoms with Gasteiger partial charge in [0.1, 0.15) is 12.0 Å². The predicted molar refractivity (Wildman–Crippen MR) is 148 cm³/mol. The van der Waals surface area contributed by atoms with Crippen molar-refractivity contribution in [2.75, 3.05) is 39.8 Å². The molecule has 2 saturated heterocycles. The number of carbonyl (C=O) groups excluding carboxylic acids is 1. The number of piperidine rings is 1. The van der Waals surface area contributed by atoms with Crippen LogP contribution >= 0.6 is 11.3 Å². The number of fused-ring (bicyclic) bond motifs is 3. The maximum absolute atomic E-state index is 15.1. The van der Waals surface area contributed by atoms with Gasteiger partial charge in [0.2, 0.25) is 0 Å². The lowest BCUT2D eigenvalue weighted by molar-refractivity contribution is 0.0950. The summed E-state index contributed by atoms with van der Waals surface area (Å²) in [6, 6.07) is 11.4. The van der Waals surface area contributed by atoms with Gasteiger partial charge in [0, 0.05) is 43.0 Å². The monoisotopic (exact) mass is 537 g/mol. The molecule has 200 valence electrons. The summed E-state index contributed by atoms with van der Waals surface area (Å²) in [5, 5.41) is 3.00. The van der Waals surface area contributed by atoms with Gasteiger partial charge in [0.05, 0.1) is 15.9 Å². The molecule has 0 saturated carbocycles. The Kier molecular flexibility index (Phi) is 7.16. The van der Waals surface area contributed by atoms with Crippen molar-refractivity contribution >= 4 is 32.4 Å². The van der Waals surface area contributed by atoms with Gasteiger partial charge in [-0.1, -0.05) is 17.4 Å². The molecule has 0 spiro atoms. The number of carbonyl (C=O) groups is 1. The van der Waals surface area contributed by atoms with Crippen LogP contribution in [0, 0.1) is 5.82 Å². The minimum Gasteiger partial charge on any atom is -0.352 e. The molecule has 0 aliphatic carbocycles. The second-order valence-corrected chi connectivity index (χ2v) is 11.6. The molecule has 0 radical (unpaired) electrons. The van der Waals surface area contributed by atoms with E-state index in [1.807, 2.05) is 40.9 Å². The molecule has 9 heteroatoms. The third kappa shape index (κ3) is 5.07. The standard InChI is InChI=1S/C29H33F2N5OS/c1-34-12-2-4-25(34)19-5-7-22(23(31)16-19)24-18-36-26-8-6-20(17-27(26)38-29(36)33-24)28(37)32-11-3-13-35-14-9-21(30)10-15-35/h5-8,16-18,21,25H,2-4,9-15H2,1H3,(H,32,37)/t25-/m0/s1. The highest BCUT2D eigenvalue weighted by molar-refractivity contribution is 7.23. The van der Waals surface area contributed by atoms with Crippen LogP contribution in [-0.2, 0) is 0 Å². The lowest BCUT2D eigenvalue weighted by Crippen LogP contribution is -2.36. The molecule has 4 heterocycles. The largest absolute Gasteiger partial charge is 0.352 e. The topological polar surface area (TPSA) is 52.9 Å². The molecule has 2 aromatic carbocycles. The van der Waals surface area contributed by atoms with Crippen LogP contribution in [0.15, 0.2) is 42.6 Å². The summed E-state index contributed by atoms with van der Waals surface area (Å²) in [6.45, 7) is 4.10. The summed E-state index contributed by atoms with van der Waals surface area (Å²) in [5.74, 6) is -0.347. The number of benzene rings is 2. The van der Waals surface area contributed by atoms with Gasteiger partial charge in [-0.15, -0.1) is 0 Å². The zero-order valence-electron chi connectivity index (χ0n) is 21.6. The molecule has 1 atom stereocenters. The van der Waals surface area contributed by atoms with Gasteiger partial charge in [-0.3, -0.25) is 14.1 Å². The number of nitrogens with zero attached hydrogens (tertiary/aromatic N) is 4. The van der Waals surface area contributed by atoms with E-state index in [0.29, 0.717) is 36.2 Å². The number of rotatable bonds is 7. The zero-order chi connectivity index (χ0) is 26.2. The Bertz CT molecular complexity index is 1460. The maximum atomic E-state index is 15.1. The second-order valence-electron chi connectivity index (χ2n) is 10.6. The molecule has 1 N–H and O–H groups in total. The maximum Gasteiger partial charge on any atom is 0.251 e. The fraction of sp³-hybridized carbons (Fsp3) is 0.448. The number of imidazole rings is 1. The minimum atomic E-state index is -0.663. The van der Waals surface area contributed by atoms with E-state index in [-0.39, 0.29) is 17.8 Å². The van der Waals surface area contributed by atoms with Crippen LogP contribution < -0.4 is 5.32 Å². The van der Waals surface area contributed by atoms with Crippen molar-refractivity contribution in [3.8, 4) is 11.3 Å². The lowest BCUT2D eigenvalue weighted by atomic mass is 10.0. The highest BCUT2D eigenvalue weighted by Gasteiger charge is 2.24. The van der Waals surface area contributed by atoms with Crippen LogP contribution in [0.25, 0.3) is 26.4 Å². The molecule has 2 aliphatic rings. The number of alkyl halides is 1. The van der Waals surface area contributed by atoms with Crippen LogP contribution in [0.1, 0.15) is 54.1 Å². The predicted octanol–water partition coefficient (Wildman–Crippen LogP) is 5.68. The highest BCUT2D eigenvalue weighted by Crippen LogP contribution is 2.34. The summed E-state index contributed by atoms with van der Waals surface area (Å²) < 4.78 is 31.3. The van der Waals surface area contributed by atoms with Gasteiger partial charge in [-0.25, -0.2) is 13.8 Å². The molecule has 6 nitrogen and oxygen atoms in total. The summed E-state index contributed by atoms with van der Waals surface area (Å²) in [6.07, 6.45) is 5.47. The molecule has 6 rings (SSSR count). The third-order valence-corrected chi connectivity index (χ3v) is 9.00. The van der Waals surface area contributed by atoms with E-state index in [0.717, 1.165) is 66.2 Å². The van der Waals surface area contributed by atoms with Crippen LogP contribution in [0.3, 0.4) is 0 Å². The molecule has 0 bridgehead atoms. The van der Waals surface area contributed by atoms with Crippen LogP contribution in [-0.4, -0.2) is 71.0 Å². The van der Waals surface area contributed by atoms with E-state index in [2.05, 4.69) is 22.2 Å². The molecule has 2 fully saturated rings. The summed E-state index contributed by atoms with van der Waals surface area (Å²) >= 11 is 1.49. The first kappa shape index (κ1) is 25.4. The van der Waals surface area contributed by atoms with Crippen molar-refractivity contribution in [3.05, 3.63) is 59.5 Å². The number of aromatic nitrogens is 2. The zero-order valence-corrected chi connectivity index (χ0v) is 22.4. The van der Waals surface area contributed by atoms with Crippen LogP contribution in [0.5, 0.6) is 0 Å². The van der Waals surface area contributed by atoms with Crippen LogP contribution in [0.2, 0.25) is 0 Å². The fourth-order valence-corrected chi connectivity index (χ4v) is 6.83. The number of nitrogens with one attached hydrogen (secondary N) is 1. The SMILES string of the molecule is CN1CCC[C@H]1c1ccc(-c2cn3c(n2)sc2cc(C(=O)NCCCN4CCC(F)CC4)ccc23)c(F)c1. The van der Waals surface area contributed by atoms with Crippen molar-refractivity contribution in [3.63, 3.8) is 0 Å². The second kappa shape index (κ2) is 10.7. The normalized spacial score (nSPS) is 19.6. The molecule has 4 aromatic rings. The fourth-order valence-electron chi connectivity index (χ4n) is 5.78. The molecule has 2 aromatic heterocycles. The summed E-state index contributed by atoms with van der Waals surface area (Å²) in [7, 11) is 2.09. The first-order valence-electron chi connectivity index (χ1n) is 13.5. The average Bonchev–Trinajstić information content (AvgIpc) is 3.61. The van der Waals surface area contributed by atoms with E-state index < -0.39 is 6.17 Å². The smallest absolute Gasteiger partial charge is 0.251 e. The quantitative estimate of drug-likeness (QED) is 0.309. The van der Waals surface area contributed by atoms with Gasteiger partial charge < -0.3 is 10.2 Å². The Labute approximate surface area is 225 Å². The number of hydrogen-bond acceptors (Lipinski definition) is 5. The minimum absolute atomic E-state index is 0.101. The molecule has 38 heavy (non-hydrogen) atoms. The highest BCUT2D eigenvalue weighted by atomic mass is 32.1. The molecule has 2 aliphatic heterocycles. The van der Waals surface area contributed by atoms with E-state index in [1.54, 1.807) is 6.07 Å². The molecule has 0 unspecified atom stereocenters. The van der Waals surface area contributed by atoms with Gasteiger partial charge in [-0.05, 0) is 88.1 Å². The Morgan fingerprint density at radius 3 is 2.74 bits per heavy atom. The van der Waals surface area contributed by atoms with Crippen molar-refractivity contribution in [2.45, 2.75) is 44.3 Å². The Morgan fingerprint density at radius 2 is 1.97 bits per heavy atom. The first-order valence-corrected chi connectivity index (χ1v) is 14.3. The Morgan fingerprint density at radius 1 is 1.13 bits per heavy atom. The molecule has 1 amide bonds. The number of likely N-dealkylation sites (tertiary alicyclic amines) is 2. The van der Waals surface area contributed by atoms with Gasteiger partial charge in [0.25, 0.3) is 5.91 Å². The van der Waals surface area contributed by atoms with E-state index in [1.165, 1.54) is 11.3 Å². The molecular weight excluding hydrogens is 504 g/mol. The Hall–Kier alpha value is -2.88. The van der Waals surface area contributed by atoms with Crippen LogP contribution in [0.4, 0.5) is 8.78 Å². The van der Waals surface area contributed by atoms with Crippen molar-refractivity contribution < 1.29 is 13.6 Å². The van der Waals surface area contributed by atoms with Crippen molar-refractivity contribution in [2.24, 2.45) is 0 Å². The number of halogens is 2. The van der Waals surface area contributed by atoms with E-state index >= 15 is 4.39 Å². The van der Waals surface area contributed by atoms with E-state index in [4.69, 9.17) is 4.98 Å². The number of amides is 1. The van der Waals surface area contributed by atoms with Crippen molar-refractivity contribution in [1.29, 1.82) is 0 Å². The lowest BCUT2D eigenvalue weighted by Gasteiger charge is -2.28. The van der Waals surface area contributed by atoms with Gasteiger partial charge in [-0.2, -0.15) is 0 Å².